The molecule has 0 saturated heterocycles. The summed E-state index contributed by atoms with van der Waals surface area (Å²) in [6.07, 6.45) is -5.79. The Morgan fingerprint density at radius 2 is 0.672 bits per heavy atom. The third-order valence-corrected chi connectivity index (χ3v) is 25.2. The normalized spacial score (nSPS) is 13.8. The van der Waals surface area contributed by atoms with Gasteiger partial charge in [0.2, 0.25) is 45.5 Å². The van der Waals surface area contributed by atoms with E-state index in [1.54, 1.807) is 156 Å². The number of benzene rings is 12. The molecule has 0 radical (unpaired) electrons. The van der Waals surface area contributed by atoms with E-state index in [0.29, 0.717) is 135 Å². The van der Waals surface area contributed by atoms with Crippen molar-refractivity contribution in [3.63, 3.8) is 0 Å². The van der Waals surface area contributed by atoms with E-state index in [1.165, 1.54) is 0 Å². The topological polar surface area (TPSA) is 85.5 Å². The molecule has 0 aliphatic carbocycles. The molecule has 0 aliphatic heterocycles. The summed E-state index contributed by atoms with van der Waals surface area (Å²) in [4.78, 5) is 15.1. The van der Waals surface area contributed by atoms with E-state index in [1.807, 2.05) is 228 Å². The van der Waals surface area contributed by atoms with Gasteiger partial charge in [-0.2, -0.15) is 18.3 Å². The summed E-state index contributed by atoms with van der Waals surface area (Å²) >= 11 is 0. The molecule has 0 saturated carbocycles. The number of aromatic nitrogens is 4. The average Bonchev–Trinajstić information content (AvgIpc) is 1.70. The fraction of sp³-hybridized carbons (Fsp3) is 0.232. The molecule has 0 fully saturated rings. The molecule has 0 unspecified atom stereocenters. The summed E-state index contributed by atoms with van der Waals surface area (Å²) in [7, 11) is 7.20. The molecule has 0 atom stereocenters. The predicted octanol–water partition coefficient (Wildman–Crippen LogP) is 33.0. The van der Waals surface area contributed by atoms with Crippen LogP contribution in [0.4, 0.5) is 22.7 Å². The number of aryl methyl sites for hydroxylation is 4. The van der Waals surface area contributed by atoms with Crippen LogP contribution < -0.4 is 18.3 Å². The molecule has 12 heteroatoms. The molecule has 12 nitrogen and oxygen atoms in total. The zero-order chi connectivity index (χ0) is 111. The number of furan rings is 4. The lowest BCUT2D eigenvalue weighted by molar-refractivity contribution is -0.667. The third-order valence-electron chi connectivity index (χ3n) is 25.2. The summed E-state index contributed by atoms with van der Waals surface area (Å²) in [5.74, 6) is 0. The van der Waals surface area contributed by atoms with Crippen LogP contribution in [0.3, 0.4) is 0 Å². The lowest BCUT2D eigenvalue weighted by atomic mass is 9.87. The Morgan fingerprint density at radius 1 is 0.299 bits per heavy atom. The Labute approximate surface area is 827 Å². The molecule has 0 amide bonds. The van der Waals surface area contributed by atoms with Crippen molar-refractivity contribution in [3.05, 3.63) is 379 Å². The highest BCUT2D eigenvalue weighted by Crippen LogP contribution is 2.51. The summed E-state index contributed by atoms with van der Waals surface area (Å²) in [6.45, 7) is 61.7. The zero-order valence-electron chi connectivity index (χ0n) is 97.5. The Kier molecular flexibility index (Phi) is 20.2. The second-order valence-electron chi connectivity index (χ2n) is 38.3. The van der Waals surface area contributed by atoms with Gasteiger partial charge in [-0.3, -0.25) is 0 Å². The second kappa shape index (κ2) is 37.0. The van der Waals surface area contributed by atoms with Gasteiger partial charge in [-0.15, -0.1) is 0 Å². The molecule has 8 aromatic heterocycles. The molecular weight excluding hydrogens is 1680 g/mol. The first-order chi connectivity index (χ1) is 72.0. The van der Waals surface area contributed by atoms with E-state index < -0.39 is 42.2 Å². The lowest BCUT2D eigenvalue weighted by Crippen LogP contribution is -2.36. The standard InChI is InChI=1S/3C32H31N2O.C29H25N2O/c1-20-16-25(23-12-9-8-10-13-23)29-24-14-11-15-26(33-6)30(24)35-31(29)28(20)27-18-22(19-32(3,4)5)17-21(2)34(27)7;1-20-13-14-25-26-17-24(23-11-9-8-10-12-23)18-27(33-6)30(26)35-31(25)29(20)28-16-22(19-32(3,4)5)15-21(2)34(28)7;1-20-13-14-25-29-24(23-11-9-8-10-12-23)15-16-26(33-6)31(29)35-30(25)28(20)27-18-22(19-32(3,4)5)17-21(2)34(27)7;1-17-12-13-23-24-15-14-22(21-10-8-7-9-11-21)27(30-5)29(24)32-28(23)26(17)25-16-18(2)19(3)20(4)31(25)6/h3*8-18H,19H2,1-5,7H3;7-16H,1-4,6H3/q4*+1/i17D,18D,19D2;15D,16D,19D2;17D,18D,19D2;3D3,16D. The van der Waals surface area contributed by atoms with Crippen LogP contribution in [0.15, 0.2) is 278 Å². The lowest BCUT2D eigenvalue weighted by Gasteiger charge is -2.19. The molecule has 20 aromatic rings. The number of rotatable bonds is 11. The second-order valence-corrected chi connectivity index (χ2v) is 38.3. The monoisotopic (exact) mass is 1810 g/mol. The van der Waals surface area contributed by atoms with Gasteiger partial charge < -0.3 is 17.7 Å². The van der Waals surface area contributed by atoms with E-state index in [2.05, 4.69) is 25.4 Å². The first-order valence-corrected chi connectivity index (χ1v) is 45.7. The Balaban J connectivity index is 0.000000138. The van der Waals surface area contributed by atoms with Crippen LogP contribution >= 0.6 is 0 Å². The minimum atomic E-state index is -2.32. The van der Waals surface area contributed by atoms with Gasteiger partial charge in [0.25, 0.3) is 0 Å². The minimum Gasteiger partial charge on any atom is -0.466 e. The third kappa shape index (κ3) is 18.0. The van der Waals surface area contributed by atoms with Crippen LogP contribution in [0.1, 0.15) is 157 Å². The van der Waals surface area contributed by atoms with E-state index >= 15 is 0 Å². The molecule has 0 N–H and O–H groups in total. The number of fused-ring (bicyclic) bond motifs is 12. The van der Waals surface area contributed by atoms with Gasteiger partial charge in [0.15, 0.2) is 22.8 Å². The molecule has 137 heavy (non-hydrogen) atoms. The van der Waals surface area contributed by atoms with Crippen molar-refractivity contribution in [2.45, 2.75) is 151 Å². The molecule has 0 bridgehead atoms. The first-order valence-electron chi connectivity index (χ1n) is 53.7. The molecule has 678 valence electrons. The van der Waals surface area contributed by atoms with E-state index in [9.17, 15) is 4.11 Å². The Bertz CT molecular complexity index is 9310. The van der Waals surface area contributed by atoms with Gasteiger partial charge in [0, 0.05) is 131 Å². The SMILES string of the molecule is [2H]c1c(C([2H])([2H])C(C)(C)C)c([2H])c(-c2c(C)cc(-c3ccccc3)c3c2oc2c([N+]#[C-])cccc23)[n+](C)c1C.[2H]c1c(C([2H])([2H])C(C)(C)C)c([2H])c(-c2c(C)ccc3c2oc2c([N+]#[C-])cc(-c4ccccc4)cc23)[n+](C)c1C.[2H]c1c(C([2H])([2H])C(C)(C)C)c([2H])c(-c2c(C)ccc3c2oc2c([N+]#[C-])ccc(-c4ccccc4)c23)[n+](C)c1C.[2H]c1c(C)c(C([2H])([2H])[2H])c(C)[n+](C)c1-c1c(C)ccc2c1oc1c([N+]#[C-])c(-c3ccccc3)ccc12. The van der Waals surface area contributed by atoms with Crippen LogP contribution in [0.5, 0.6) is 0 Å². The van der Waals surface area contributed by atoms with Crippen LogP contribution in [-0.4, -0.2) is 0 Å². The summed E-state index contributed by atoms with van der Waals surface area (Å²) in [5.41, 5.74) is 22.3. The summed E-state index contributed by atoms with van der Waals surface area (Å²) in [6, 6.07) is 70.8. The van der Waals surface area contributed by atoms with E-state index in [-0.39, 0.29) is 64.6 Å². The first kappa shape index (κ1) is 74.8. The van der Waals surface area contributed by atoms with Gasteiger partial charge in [-0.1, -0.05) is 263 Å². The highest BCUT2D eigenvalue weighted by molar-refractivity contribution is 6.21. The van der Waals surface area contributed by atoms with Gasteiger partial charge in [-0.05, 0) is 184 Å². The molecule has 8 heterocycles. The molecule has 0 spiro atoms. The molecular formula is C125H118N8O4+4. The van der Waals surface area contributed by atoms with Gasteiger partial charge in [0.05, 0.1) is 58.1 Å². The van der Waals surface area contributed by atoms with E-state index in [0.717, 1.165) is 115 Å². The molecule has 0 aliphatic rings. The van der Waals surface area contributed by atoms with Crippen LogP contribution in [0.2, 0.25) is 0 Å². The van der Waals surface area contributed by atoms with Crippen molar-refractivity contribution in [2.75, 3.05) is 0 Å². The smallest absolute Gasteiger partial charge is 0.237 e. The van der Waals surface area contributed by atoms with Gasteiger partial charge >= 0.3 is 0 Å². The van der Waals surface area contributed by atoms with Crippen molar-refractivity contribution in [3.8, 4) is 89.5 Å². The van der Waals surface area contributed by atoms with Gasteiger partial charge in [0.1, 0.15) is 72.9 Å². The quantitative estimate of drug-likeness (QED) is 0.0954. The maximum Gasteiger partial charge on any atom is 0.237 e. The maximum atomic E-state index is 9.33. The van der Waals surface area contributed by atoms with Crippen molar-refractivity contribution >= 4 is 111 Å². The van der Waals surface area contributed by atoms with E-state index in [4.69, 9.17) is 61.8 Å². The highest BCUT2D eigenvalue weighted by atomic mass is 16.3. The number of pyridine rings is 4. The van der Waals surface area contributed by atoms with Crippen LogP contribution in [0, 0.1) is 112 Å². The largest absolute Gasteiger partial charge is 0.466 e. The number of hydrogen-bond acceptors (Lipinski definition) is 4. The predicted molar refractivity (Wildman–Crippen MR) is 565 cm³/mol. The fourth-order valence-corrected chi connectivity index (χ4v) is 18.2. The Morgan fingerprint density at radius 3 is 1.15 bits per heavy atom. The van der Waals surface area contributed by atoms with Crippen molar-refractivity contribution in [1.29, 1.82) is 0 Å². The summed E-state index contributed by atoms with van der Waals surface area (Å²) < 4.78 is 174. The maximum absolute atomic E-state index is 9.33. The Hall–Kier alpha value is -15.6. The molecule has 12 aromatic carbocycles. The molecule has 20 rings (SSSR count). The minimum absolute atomic E-state index is 0.0283. The van der Waals surface area contributed by atoms with Crippen molar-refractivity contribution < 1.29 is 57.9 Å². The van der Waals surface area contributed by atoms with Crippen molar-refractivity contribution in [1.82, 2.24) is 0 Å². The van der Waals surface area contributed by atoms with Crippen LogP contribution in [-0.2, 0) is 47.3 Å². The van der Waals surface area contributed by atoms with Gasteiger partial charge in [-0.25, -0.2) is 19.4 Å². The number of hydrogen-bond donors (Lipinski definition) is 0. The number of nitrogens with zero attached hydrogens (tertiary/aromatic N) is 8. The zero-order valence-corrected chi connectivity index (χ0v) is 81.5. The van der Waals surface area contributed by atoms with Crippen molar-refractivity contribution in [2.24, 2.45) is 44.4 Å². The fourth-order valence-electron chi connectivity index (χ4n) is 18.2. The number of para-hydroxylation sites is 1. The summed E-state index contributed by atoms with van der Waals surface area (Å²) in [5, 5.41) is 6.62. The highest BCUT2D eigenvalue weighted by Gasteiger charge is 2.33. The van der Waals surface area contributed by atoms with Crippen LogP contribution in [0.25, 0.3) is 197 Å². The average molecular weight is 1810 g/mol.